The Morgan fingerprint density at radius 2 is 1.84 bits per heavy atom. The number of rotatable bonds is 4. The normalized spacial score (nSPS) is 10.2. The van der Waals surface area contributed by atoms with E-state index in [2.05, 4.69) is 0 Å². The van der Waals surface area contributed by atoms with Crippen LogP contribution in [0.25, 0.3) is 0 Å². The molecule has 2 aromatic carbocycles. The second kappa shape index (κ2) is 6.64. The van der Waals surface area contributed by atoms with Gasteiger partial charge in [0.1, 0.15) is 5.75 Å². The van der Waals surface area contributed by atoms with Gasteiger partial charge in [-0.3, -0.25) is 4.79 Å². The average Bonchev–Trinajstić information content (AvgIpc) is 2.39. The molecule has 0 aromatic heterocycles. The molecule has 0 saturated heterocycles. The maximum Gasteiger partial charge on any atom is 0.308 e. The Kier molecular flexibility index (Phi) is 4.88. The van der Waals surface area contributed by atoms with Crippen LogP contribution in [0.3, 0.4) is 0 Å². The van der Waals surface area contributed by atoms with Crippen molar-refractivity contribution in [2.24, 2.45) is 0 Å². The van der Waals surface area contributed by atoms with Gasteiger partial charge in [0.05, 0.1) is 4.90 Å². The first-order valence-corrected chi connectivity index (χ1v) is 7.16. The van der Waals surface area contributed by atoms with Gasteiger partial charge in [-0.05, 0) is 29.8 Å². The molecule has 0 amide bonds. The van der Waals surface area contributed by atoms with Gasteiger partial charge in [0.25, 0.3) is 0 Å². The summed E-state index contributed by atoms with van der Waals surface area (Å²) in [6.45, 7) is 1.40. The molecule has 0 N–H and O–H groups in total. The summed E-state index contributed by atoms with van der Waals surface area (Å²) in [6.07, 6.45) is 0. The van der Waals surface area contributed by atoms with Crippen molar-refractivity contribution in [3.05, 3.63) is 59.1 Å². The van der Waals surface area contributed by atoms with Crippen molar-refractivity contribution in [1.82, 2.24) is 0 Å². The molecule has 0 aliphatic rings. The van der Waals surface area contributed by atoms with Crippen LogP contribution in [-0.4, -0.2) is 5.97 Å². The molecule has 0 aliphatic carbocycles. The first-order chi connectivity index (χ1) is 9.15. The van der Waals surface area contributed by atoms with Crippen LogP contribution in [0.4, 0.5) is 0 Å². The van der Waals surface area contributed by atoms with E-state index in [1.807, 2.05) is 42.5 Å². The van der Waals surface area contributed by atoms with Gasteiger partial charge >= 0.3 is 5.97 Å². The van der Waals surface area contributed by atoms with Crippen LogP contribution in [0.5, 0.6) is 5.75 Å². The van der Waals surface area contributed by atoms with Crippen molar-refractivity contribution in [2.75, 3.05) is 0 Å². The molecule has 0 saturated carbocycles. The number of ether oxygens (including phenoxy) is 1. The number of hydrogen-bond acceptors (Lipinski definition) is 3. The van der Waals surface area contributed by atoms with Gasteiger partial charge in [0.15, 0.2) is 0 Å². The van der Waals surface area contributed by atoms with Crippen molar-refractivity contribution in [2.45, 2.75) is 17.6 Å². The second-order valence-electron chi connectivity index (χ2n) is 3.96. The third-order valence-corrected chi connectivity index (χ3v) is 3.79. The molecule has 0 unspecified atom stereocenters. The molecule has 0 radical (unpaired) electrons. The molecule has 2 rings (SSSR count). The maximum absolute atomic E-state index is 11.0. The van der Waals surface area contributed by atoms with Gasteiger partial charge in [-0.25, -0.2) is 0 Å². The minimum absolute atomic E-state index is 0.306. The molecule has 0 atom stereocenters. The maximum atomic E-state index is 11.0. The first kappa shape index (κ1) is 14.0. The Balaban J connectivity index is 2.06. The highest BCUT2D eigenvalue weighted by Crippen LogP contribution is 2.31. The Labute approximate surface area is 121 Å². The van der Waals surface area contributed by atoms with Gasteiger partial charge in [0.2, 0.25) is 0 Å². The fourth-order valence-corrected chi connectivity index (χ4v) is 2.62. The van der Waals surface area contributed by atoms with E-state index < -0.39 is 0 Å². The lowest BCUT2D eigenvalue weighted by Crippen LogP contribution is -2.02. The zero-order chi connectivity index (χ0) is 13.7. The minimum atomic E-state index is -0.306. The van der Waals surface area contributed by atoms with E-state index >= 15 is 0 Å². The predicted octanol–water partition coefficient (Wildman–Crippen LogP) is 4.56. The van der Waals surface area contributed by atoms with E-state index in [4.69, 9.17) is 16.3 Å². The van der Waals surface area contributed by atoms with Crippen LogP contribution in [0.1, 0.15) is 12.5 Å². The van der Waals surface area contributed by atoms with Crippen LogP contribution < -0.4 is 4.74 Å². The number of hydrogen-bond donors (Lipinski definition) is 0. The van der Waals surface area contributed by atoms with Crippen LogP contribution in [0.15, 0.2) is 53.4 Å². The van der Waals surface area contributed by atoms with E-state index in [9.17, 15) is 4.79 Å². The van der Waals surface area contributed by atoms with Crippen LogP contribution in [0, 0.1) is 0 Å². The zero-order valence-electron chi connectivity index (χ0n) is 10.4. The topological polar surface area (TPSA) is 26.3 Å². The molecule has 2 nitrogen and oxygen atoms in total. The lowest BCUT2D eigenvalue weighted by molar-refractivity contribution is -0.132. The lowest BCUT2D eigenvalue weighted by Gasteiger charge is -2.08. The number of thioether (sulfide) groups is 1. The monoisotopic (exact) mass is 292 g/mol. The molecule has 4 heteroatoms. The molecule has 0 heterocycles. The van der Waals surface area contributed by atoms with Crippen LogP contribution >= 0.6 is 23.4 Å². The molecule has 0 aliphatic heterocycles. The number of carbonyl (C=O) groups excluding carboxylic acids is 1. The lowest BCUT2D eigenvalue weighted by atomic mass is 10.2. The second-order valence-corrected chi connectivity index (χ2v) is 5.41. The average molecular weight is 293 g/mol. The Morgan fingerprint density at radius 1 is 1.16 bits per heavy atom. The van der Waals surface area contributed by atoms with Gasteiger partial charge < -0.3 is 4.74 Å². The van der Waals surface area contributed by atoms with Gasteiger partial charge in [-0.2, -0.15) is 0 Å². The zero-order valence-corrected chi connectivity index (χ0v) is 12.0. The van der Waals surface area contributed by atoms with E-state index in [0.717, 1.165) is 15.7 Å². The largest absolute Gasteiger partial charge is 0.426 e. The molecule has 2 aromatic rings. The minimum Gasteiger partial charge on any atom is -0.426 e. The molecule has 19 heavy (non-hydrogen) atoms. The van der Waals surface area contributed by atoms with Crippen LogP contribution in [-0.2, 0) is 10.5 Å². The van der Waals surface area contributed by atoms with E-state index in [0.29, 0.717) is 5.75 Å². The van der Waals surface area contributed by atoms with E-state index in [1.54, 1.807) is 17.8 Å². The third kappa shape index (κ3) is 4.30. The standard InChI is InChI=1S/C15H13ClO2S/c1-11(17)18-14-4-2-3-5-15(14)19-10-12-6-8-13(16)9-7-12/h2-9H,10H2,1H3. The van der Waals surface area contributed by atoms with E-state index in [-0.39, 0.29) is 5.97 Å². The molecule has 0 bridgehead atoms. The summed E-state index contributed by atoms with van der Waals surface area (Å²) < 4.78 is 5.17. The Hall–Kier alpha value is -1.45. The van der Waals surface area contributed by atoms with Crippen LogP contribution in [0.2, 0.25) is 5.02 Å². The molecule has 98 valence electrons. The predicted molar refractivity (Wildman–Crippen MR) is 78.8 cm³/mol. The summed E-state index contributed by atoms with van der Waals surface area (Å²) in [7, 11) is 0. The van der Waals surface area contributed by atoms with Gasteiger partial charge in [0, 0.05) is 17.7 Å². The fraction of sp³-hybridized carbons (Fsp3) is 0.133. The molecular weight excluding hydrogens is 280 g/mol. The smallest absolute Gasteiger partial charge is 0.308 e. The fourth-order valence-electron chi connectivity index (χ4n) is 1.55. The summed E-state index contributed by atoms with van der Waals surface area (Å²) in [5, 5.41) is 0.731. The molecule has 0 fully saturated rings. The number of para-hydroxylation sites is 1. The van der Waals surface area contributed by atoms with Crippen molar-refractivity contribution in [1.29, 1.82) is 0 Å². The summed E-state index contributed by atoms with van der Waals surface area (Å²) in [5.41, 5.74) is 1.17. The molecular formula is C15H13ClO2S. The van der Waals surface area contributed by atoms with E-state index in [1.165, 1.54) is 12.5 Å². The number of benzene rings is 2. The number of esters is 1. The molecule has 0 spiro atoms. The SMILES string of the molecule is CC(=O)Oc1ccccc1SCc1ccc(Cl)cc1. The van der Waals surface area contributed by atoms with Gasteiger partial charge in [-0.15, -0.1) is 11.8 Å². The first-order valence-electron chi connectivity index (χ1n) is 5.80. The number of halogens is 1. The number of carbonyl (C=O) groups is 1. The summed E-state index contributed by atoms with van der Waals surface area (Å²) >= 11 is 7.47. The summed E-state index contributed by atoms with van der Waals surface area (Å²) in [5.74, 6) is 1.10. The van der Waals surface area contributed by atoms with Gasteiger partial charge in [-0.1, -0.05) is 35.9 Å². The van der Waals surface area contributed by atoms with Crippen molar-refractivity contribution in [3.63, 3.8) is 0 Å². The van der Waals surface area contributed by atoms with Crippen molar-refractivity contribution >= 4 is 29.3 Å². The third-order valence-electron chi connectivity index (χ3n) is 2.41. The Bertz CT molecular complexity index is 567. The summed E-state index contributed by atoms with van der Waals surface area (Å²) in [6, 6.07) is 15.2. The quantitative estimate of drug-likeness (QED) is 0.469. The summed E-state index contributed by atoms with van der Waals surface area (Å²) in [4.78, 5) is 12.0. The van der Waals surface area contributed by atoms with Crippen molar-refractivity contribution < 1.29 is 9.53 Å². The highest BCUT2D eigenvalue weighted by Gasteiger charge is 2.06. The van der Waals surface area contributed by atoms with Crippen molar-refractivity contribution in [3.8, 4) is 5.75 Å². The highest BCUT2D eigenvalue weighted by molar-refractivity contribution is 7.98. The Morgan fingerprint density at radius 3 is 2.53 bits per heavy atom. The highest BCUT2D eigenvalue weighted by atomic mass is 35.5.